The molecule has 0 amide bonds. The van der Waals surface area contributed by atoms with Gasteiger partial charge in [0.05, 0.1) is 12.3 Å². The van der Waals surface area contributed by atoms with Gasteiger partial charge in [-0.25, -0.2) is 13.1 Å². The first-order chi connectivity index (χ1) is 9.55. The number of sulfonamides is 1. The van der Waals surface area contributed by atoms with Crippen molar-refractivity contribution in [3.05, 3.63) is 47.7 Å². The molecule has 1 aromatic carbocycles. The average Bonchev–Trinajstić information content (AvgIpc) is 2.84. The summed E-state index contributed by atoms with van der Waals surface area (Å²) in [5.41, 5.74) is 1.13. The third kappa shape index (κ3) is 4.75. The van der Waals surface area contributed by atoms with Gasteiger partial charge in [-0.05, 0) is 18.4 Å². The molecule has 108 valence electrons. The summed E-state index contributed by atoms with van der Waals surface area (Å²) in [6.45, 7) is 1.69. The summed E-state index contributed by atoms with van der Waals surface area (Å²) in [6, 6.07) is 9.80. The van der Waals surface area contributed by atoms with E-state index in [4.69, 9.17) is 4.42 Å². The molecule has 1 aromatic heterocycles. The predicted octanol–water partition coefficient (Wildman–Crippen LogP) is 1.43. The van der Waals surface area contributed by atoms with Crippen molar-refractivity contribution in [3.8, 4) is 0 Å². The number of aryl methyl sites for hydroxylation is 2. The second-order valence-corrected chi connectivity index (χ2v) is 6.37. The van der Waals surface area contributed by atoms with Gasteiger partial charge >= 0.3 is 0 Å². The summed E-state index contributed by atoms with van der Waals surface area (Å²) >= 11 is 0. The van der Waals surface area contributed by atoms with Crippen molar-refractivity contribution in [2.75, 3.05) is 5.75 Å². The highest BCUT2D eigenvalue weighted by Gasteiger charge is 2.12. The number of nitrogens with zero attached hydrogens (tertiary/aromatic N) is 2. The van der Waals surface area contributed by atoms with E-state index in [0.29, 0.717) is 12.3 Å². The van der Waals surface area contributed by atoms with Gasteiger partial charge in [0.2, 0.25) is 21.8 Å². The smallest absolute Gasteiger partial charge is 0.231 e. The van der Waals surface area contributed by atoms with Gasteiger partial charge < -0.3 is 4.42 Å². The van der Waals surface area contributed by atoms with Crippen LogP contribution in [0.25, 0.3) is 0 Å². The molecule has 0 saturated heterocycles. The van der Waals surface area contributed by atoms with E-state index in [1.54, 1.807) is 6.92 Å². The highest BCUT2D eigenvalue weighted by atomic mass is 32.2. The zero-order valence-corrected chi connectivity index (χ0v) is 12.1. The Labute approximate surface area is 118 Å². The normalized spacial score (nSPS) is 11.7. The fourth-order valence-electron chi connectivity index (χ4n) is 1.76. The van der Waals surface area contributed by atoms with E-state index >= 15 is 0 Å². The van der Waals surface area contributed by atoms with Crippen molar-refractivity contribution in [2.24, 2.45) is 0 Å². The molecule has 0 saturated carbocycles. The molecule has 0 unspecified atom stereocenters. The topological polar surface area (TPSA) is 85.1 Å². The lowest BCUT2D eigenvalue weighted by Crippen LogP contribution is -2.26. The van der Waals surface area contributed by atoms with Crippen LogP contribution in [-0.4, -0.2) is 24.4 Å². The minimum absolute atomic E-state index is 0.0362. The van der Waals surface area contributed by atoms with E-state index in [2.05, 4.69) is 14.9 Å². The van der Waals surface area contributed by atoms with E-state index in [1.807, 2.05) is 30.3 Å². The van der Waals surface area contributed by atoms with Gasteiger partial charge in [0.1, 0.15) is 0 Å². The first-order valence-electron chi connectivity index (χ1n) is 6.35. The van der Waals surface area contributed by atoms with E-state index in [0.717, 1.165) is 12.0 Å². The molecule has 0 aliphatic rings. The second kappa shape index (κ2) is 6.62. The number of nitrogens with one attached hydrogen (secondary N) is 1. The number of rotatable bonds is 7. The predicted molar refractivity (Wildman–Crippen MR) is 74.4 cm³/mol. The zero-order valence-electron chi connectivity index (χ0n) is 11.2. The molecule has 0 fully saturated rings. The SMILES string of the molecule is Cc1nnc(CNS(=O)(=O)CCCc2ccccc2)o1. The number of benzene rings is 1. The Morgan fingerprint density at radius 1 is 1.20 bits per heavy atom. The van der Waals surface area contributed by atoms with Gasteiger partial charge in [-0.15, -0.1) is 10.2 Å². The number of hydrogen-bond acceptors (Lipinski definition) is 5. The van der Waals surface area contributed by atoms with E-state index in [9.17, 15) is 8.42 Å². The van der Waals surface area contributed by atoms with Gasteiger partial charge in [0, 0.05) is 6.92 Å². The molecule has 0 bridgehead atoms. The van der Waals surface area contributed by atoms with Gasteiger partial charge in [-0.1, -0.05) is 30.3 Å². The van der Waals surface area contributed by atoms with E-state index in [1.165, 1.54) is 0 Å². The Kier molecular flexibility index (Phi) is 4.86. The Morgan fingerprint density at radius 3 is 2.60 bits per heavy atom. The van der Waals surface area contributed by atoms with Crippen LogP contribution in [0.4, 0.5) is 0 Å². The quantitative estimate of drug-likeness (QED) is 0.835. The molecule has 0 spiro atoms. The number of aromatic nitrogens is 2. The van der Waals surface area contributed by atoms with Crippen LogP contribution in [0, 0.1) is 6.92 Å². The van der Waals surface area contributed by atoms with Crippen LogP contribution in [0.1, 0.15) is 23.8 Å². The molecular formula is C13H17N3O3S. The molecule has 0 atom stereocenters. The molecule has 0 radical (unpaired) electrons. The third-order valence-electron chi connectivity index (χ3n) is 2.73. The lowest BCUT2D eigenvalue weighted by molar-refractivity contribution is 0.460. The molecule has 20 heavy (non-hydrogen) atoms. The van der Waals surface area contributed by atoms with Crippen molar-refractivity contribution >= 4 is 10.0 Å². The first-order valence-corrected chi connectivity index (χ1v) is 8.01. The van der Waals surface area contributed by atoms with Crippen LogP contribution in [0.2, 0.25) is 0 Å². The molecule has 0 aliphatic carbocycles. The first kappa shape index (κ1) is 14.7. The van der Waals surface area contributed by atoms with Crippen molar-refractivity contribution in [2.45, 2.75) is 26.3 Å². The maximum absolute atomic E-state index is 11.8. The standard InChI is InChI=1S/C13H17N3O3S/c1-11-15-16-13(19-11)10-14-20(17,18)9-5-8-12-6-3-2-4-7-12/h2-4,6-7,14H,5,8-10H2,1H3. The summed E-state index contributed by atoms with van der Waals surface area (Å²) < 4.78 is 31.2. The monoisotopic (exact) mass is 295 g/mol. The molecule has 6 nitrogen and oxygen atoms in total. The van der Waals surface area contributed by atoms with Gasteiger partial charge in [-0.2, -0.15) is 0 Å². The largest absolute Gasteiger partial charge is 0.424 e. The van der Waals surface area contributed by atoms with Crippen LogP contribution < -0.4 is 4.72 Å². The summed E-state index contributed by atoms with van der Waals surface area (Å²) in [7, 11) is -3.32. The van der Waals surface area contributed by atoms with Gasteiger partial charge in [-0.3, -0.25) is 0 Å². The third-order valence-corrected chi connectivity index (χ3v) is 4.14. The lowest BCUT2D eigenvalue weighted by atomic mass is 10.1. The Morgan fingerprint density at radius 2 is 1.95 bits per heavy atom. The fourth-order valence-corrected chi connectivity index (χ4v) is 2.78. The minimum atomic E-state index is -3.32. The average molecular weight is 295 g/mol. The molecule has 1 heterocycles. The second-order valence-electron chi connectivity index (χ2n) is 4.44. The molecule has 1 N–H and O–H groups in total. The maximum atomic E-state index is 11.8. The number of hydrogen-bond donors (Lipinski definition) is 1. The summed E-state index contributed by atoms with van der Waals surface area (Å²) in [6.07, 6.45) is 1.31. The minimum Gasteiger partial charge on any atom is -0.424 e. The highest BCUT2D eigenvalue weighted by molar-refractivity contribution is 7.89. The van der Waals surface area contributed by atoms with Crippen molar-refractivity contribution in [1.29, 1.82) is 0 Å². The summed E-state index contributed by atoms with van der Waals surface area (Å²) in [4.78, 5) is 0. The van der Waals surface area contributed by atoms with E-state index in [-0.39, 0.29) is 18.2 Å². The molecule has 0 aliphatic heterocycles. The van der Waals surface area contributed by atoms with Gasteiger partial charge in [0.25, 0.3) is 0 Å². The van der Waals surface area contributed by atoms with Crippen molar-refractivity contribution in [3.63, 3.8) is 0 Å². The van der Waals surface area contributed by atoms with Crippen LogP contribution in [0.3, 0.4) is 0 Å². The molecular weight excluding hydrogens is 278 g/mol. The Hall–Kier alpha value is -1.73. The molecule has 2 rings (SSSR count). The van der Waals surface area contributed by atoms with Crippen LogP contribution in [0.5, 0.6) is 0 Å². The van der Waals surface area contributed by atoms with Crippen molar-refractivity contribution < 1.29 is 12.8 Å². The highest BCUT2D eigenvalue weighted by Crippen LogP contribution is 2.04. The Bertz CT molecular complexity index is 638. The van der Waals surface area contributed by atoms with Crippen LogP contribution in [-0.2, 0) is 23.0 Å². The van der Waals surface area contributed by atoms with Crippen LogP contribution >= 0.6 is 0 Å². The van der Waals surface area contributed by atoms with Crippen molar-refractivity contribution in [1.82, 2.24) is 14.9 Å². The zero-order chi connectivity index (χ0) is 14.4. The van der Waals surface area contributed by atoms with Crippen LogP contribution in [0.15, 0.2) is 34.7 Å². The lowest BCUT2D eigenvalue weighted by Gasteiger charge is -2.04. The maximum Gasteiger partial charge on any atom is 0.231 e. The summed E-state index contributed by atoms with van der Waals surface area (Å²) in [5.74, 6) is 0.770. The summed E-state index contributed by atoms with van der Waals surface area (Å²) in [5, 5.41) is 7.37. The van der Waals surface area contributed by atoms with Gasteiger partial charge in [0.15, 0.2) is 0 Å². The Balaban J connectivity index is 1.76. The fraction of sp³-hybridized carbons (Fsp3) is 0.385. The van der Waals surface area contributed by atoms with E-state index < -0.39 is 10.0 Å². The molecule has 7 heteroatoms. The molecule has 2 aromatic rings.